The molecule has 3 nitrogen and oxygen atoms in total. The van der Waals surface area contributed by atoms with E-state index >= 15 is 0 Å². The molecule has 2 heterocycles. The zero-order valence-electron chi connectivity index (χ0n) is 9.13. The van der Waals surface area contributed by atoms with Gasteiger partial charge in [0.25, 0.3) is 0 Å². The quantitative estimate of drug-likeness (QED) is 0.729. The van der Waals surface area contributed by atoms with Crippen molar-refractivity contribution in [2.75, 3.05) is 0 Å². The van der Waals surface area contributed by atoms with Gasteiger partial charge in [-0.1, -0.05) is 6.07 Å². The molecule has 0 saturated heterocycles. The van der Waals surface area contributed by atoms with Crippen molar-refractivity contribution < 1.29 is 9.52 Å². The highest BCUT2D eigenvalue weighted by atomic mass is 16.4. The molecule has 0 radical (unpaired) electrons. The highest BCUT2D eigenvalue weighted by molar-refractivity contribution is 5.83. The fourth-order valence-corrected chi connectivity index (χ4v) is 1.85. The monoisotopic (exact) mass is 225 g/mol. The molecule has 0 atom stereocenters. The fraction of sp³-hybridized carbons (Fsp3) is 0.0714. The first-order valence-electron chi connectivity index (χ1n) is 5.41. The van der Waals surface area contributed by atoms with E-state index in [0.717, 1.165) is 22.2 Å². The summed E-state index contributed by atoms with van der Waals surface area (Å²) < 4.78 is 5.50. The van der Waals surface area contributed by atoms with Crippen molar-refractivity contribution in [3.05, 3.63) is 54.4 Å². The van der Waals surface area contributed by atoms with Crippen molar-refractivity contribution in [2.24, 2.45) is 0 Å². The molecule has 3 aromatic rings. The van der Waals surface area contributed by atoms with Gasteiger partial charge in [-0.25, -0.2) is 0 Å². The maximum atomic E-state index is 8.97. The summed E-state index contributed by atoms with van der Waals surface area (Å²) in [4.78, 5) is 4.27. The Hall–Kier alpha value is -2.13. The Balaban J connectivity index is 2.11. The molecular weight excluding hydrogens is 214 g/mol. The number of pyridine rings is 1. The van der Waals surface area contributed by atoms with E-state index in [4.69, 9.17) is 9.52 Å². The van der Waals surface area contributed by atoms with E-state index < -0.39 is 0 Å². The zero-order chi connectivity index (χ0) is 11.7. The summed E-state index contributed by atoms with van der Waals surface area (Å²) in [5, 5.41) is 10.0. The van der Waals surface area contributed by atoms with Crippen molar-refractivity contribution in [1.82, 2.24) is 4.98 Å². The van der Waals surface area contributed by atoms with Crippen molar-refractivity contribution in [3.63, 3.8) is 0 Å². The number of hydrogen-bond acceptors (Lipinski definition) is 3. The molecule has 0 fully saturated rings. The van der Waals surface area contributed by atoms with Crippen LogP contribution in [-0.4, -0.2) is 10.1 Å². The Bertz CT molecular complexity index is 658. The Kier molecular flexibility index (Phi) is 2.38. The topological polar surface area (TPSA) is 46.3 Å². The normalized spacial score (nSPS) is 10.9. The molecule has 3 heteroatoms. The van der Waals surface area contributed by atoms with E-state index in [1.807, 2.05) is 36.4 Å². The minimum Gasteiger partial charge on any atom is -0.459 e. The Morgan fingerprint density at radius 1 is 1.12 bits per heavy atom. The third-order valence-corrected chi connectivity index (χ3v) is 2.71. The lowest BCUT2D eigenvalue weighted by Gasteiger charge is -2.00. The van der Waals surface area contributed by atoms with Crippen LogP contribution in [-0.2, 0) is 6.61 Å². The molecular formula is C14H11NO2. The number of aromatic nitrogens is 1. The van der Waals surface area contributed by atoms with Crippen LogP contribution in [0.1, 0.15) is 5.76 Å². The van der Waals surface area contributed by atoms with Crippen LogP contribution >= 0.6 is 0 Å². The number of fused-ring (bicyclic) bond motifs is 1. The van der Waals surface area contributed by atoms with Gasteiger partial charge in [-0.3, -0.25) is 4.98 Å². The molecule has 0 amide bonds. The molecule has 2 aromatic heterocycles. The molecule has 17 heavy (non-hydrogen) atoms. The van der Waals surface area contributed by atoms with Gasteiger partial charge < -0.3 is 9.52 Å². The number of nitrogens with zero attached hydrogens (tertiary/aromatic N) is 1. The summed E-state index contributed by atoms with van der Waals surface area (Å²) in [6, 6.07) is 13.5. The van der Waals surface area contributed by atoms with Gasteiger partial charge in [-0.2, -0.15) is 0 Å². The second-order valence-electron chi connectivity index (χ2n) is 3.83. The van der Waals surface area contributed by atoms with E-state index in [2.05, 4.69) is 4.98 Å². The average molecular weight is 225 g/mol. The first kappa shape index (κ1) is 10.1. The highest BCUT2D eigenvalue weighted by Crippen LogP contribution is 2.25. The molecule has 1 aromatic carbocycles. The number of furan rings is 1. The van der Waals surface area contributed by atoms with Crippen LogP contribution in [0.2, 0.25) is 0 Å². The van der Waals surface area contributed by atoms with Gasteiger partial charge in [0.15, 0.2) is 0 Å². The lowest BCUT2D eigenvalue weighted by Crippen LogP contribution is -1.79. The summed E-state index contributed by atoms with van der Waals surface area (Å²) in [6.07, 6.45) is 1.78. The van der Waals surface area contributed by atoms with Gasteiger partial charge in [0.05, 0.1) is 5.52 Å². The van der Waals surface area contributed by atoms with Crippen molar-refractivity contribution in [3.8, 4) is 11.3 Å². The predicted octanol–water partition coefficient (Wildman–Crippen LogP) is 2.99. The van der Waals surface area contributed by atoms with Crippen LogP contribution in [0.5, 0.6) is 0 Å². The predicted molar refractivity (Wildman–Crippen MR) is 65.4 cm³/mol. The maximum Gasteiger partial charge on any atom is 0.134 e. The van der Waals surface area contributed by atoms with Crippen LogP contribution in [0.25, 0.3) is 22.2 Å². The van der Waals surface area contributed by atoms with Crippen LogP contribution < -0.4 is 0 Å². The summed E-state index contributed by atoms with van der Waals surface area (Å²) in [5.41, 5.74) is 1.95. The maximum absolute atomic E-state index is 8.97. The molecule has 0 aliphatic rings. The lowest BCUT2D eigenvalue weighted by atomic mass is 10.1. The van der Waals surface area contributed by atoms with Gasteiger partial charge in [0, 0.05) is 17.1 Å². The Labute approximate surface area is 98.3 Å². The number of rotatable bonds is 2. The number of aliphatic hydroxyl groups is 1. The molecule has 0 aliphatic carbocycles. The van der Waals surface area contributed by atoms with E-state index in [1.54, 1.807) is 12.3 Å². The Morgan fingerprint density at radius 3 is 2.88 bits per heavy atom. The molecule has 0 spiro atoms. The molecule has 0 unspecified atom stereocenters. The molecule has 0 aliphatic heterocycles. The van der Waals surface area contributed by atoms with Crippen molar-refractivity contribution >= 4 is 10.9 Å². The minimum atomic E-state index is -0.0743. The molecule has 0 saturated carbocycles. The van der Waals surface area contributed by atoms with Crippen molar-refractivity contribution in [1.29, 1.82) is 0 Å². The van der Waals surface area contributed by atoms with Gasteiger partial charge >= 0.3 is 0 Å². The molecule has 0 bridgehead atoms. The number of benzene rings is 1. The van der Waals surface area contributed by atoms with Gasteiger partial charge in [-0.15, -0.1) is 0 Å². The smallest absolute Gasteiger partial charge is 0.134 e. The van der Waals surface area contributed by atoms with Crippen LogP contribution in [0, 0.1) is 0 Å². The van der Waals surface area contributed by atoms with Crippen LogP contribution in [0.15, 0.2) is 53.1 Å². The average Bonchev–Trinajstić information content (AvgIpc) is 2.87. The van der Waals surface area contributed by atoms with Gasteiger partial charge in [0.1, 0.15) is 18.1 Å². The summed E-state index contributed by atoms with van der Waals surface area (Å²) in [6.45, 7) is -0.0743. The zero-order valence-corrected chi connectivity index (χ0v) is 9.13. The van der Waals surface area contributed by atoms with Gasteiger partial charge in [-0.05, 0) is 36.4 Å². The first-order valence-corrected chi connectivity index (χ1v) is 5.41. The highest BCUT2D eigenvalue weighted by Gasteiger charge is 2.05. The van der Waals surface area contributed by atoms with Gasteiger partial charge in [0.2, 0.25) is 0 Å². The fourth-order valence-electron chi connectivity index (χ4n) is 1.85. The number of aliphatic hydroxyl groups excluding tert-OH is 1. The second-order valence-corrected chi connectivity index (χ2v) is 3.83. The van der Waals surface area contributed by atoms with E-state index in [9.17, 15) is 0 Å². The minimum absolute atomic E-state index is 0.0743. The summed E-state index contributed by atoms with van der Waals surface area (Å²) in [7, 11) is 0. The third kappa shape index (κ3) is 1.81. The first-order chi connectivity index (χ1) is 8.36. The molecule has 3 rings (SSSR count). The van der Waals surface area contributed by atoms with E-state index in [0.29, 0.717) is 5.76 Å². The molecule has 84 valence electrons. The molecule has 1 N–H and O–H groups in total. The SMILES string of the molecule is OCc1ccc(-c2ccc3ncccc3c2)o1. The summed E-state index contributed by atoms with van der Waals surface area (Å²) in [5.74, 6) is 1.34. The largest absolute Gasteiger partial charge is 0.459 e. The van der Waals surface area contributed by atoms with E-state index in [1.165, 1.54) is 0 Å². The second kappa shape index (κ2) is 4.03. The standard InChI is InChI=1S/C14H11NO2/c16-9-12-4-6-14(17-12)11-3-5-13-10(8-11)2-1-7-15-13/h1-8,16H,9H2. The van der Waals surface area contributed by atoms with Crippen LogP contribution in [0.3, 0.4) is 0 Å². The van der Waals surface area contributed by atoms with E-state index in [-0.39, 0.29) is 6.61 Å². The third-order valence-electron chi connectivity index (χ3n) is 2.71. The Morgan fingerprint density at radius 2 is 2.06 bits per heavy atom. The lowest BCUT2D eigenvalue weighted by molar-refractivity contribution is 0.248. The van der Waals surface area contributed by atoms with Crippen LogP contribution in [0.4, 0.5) is 0 Å². The number of hydrogen-bond donors (Lipinski definition) is 1. The summed E-state index contributed by atoms with van der Waals surface area (Å²) >= 11 is 0. The van der Waals surface area contributed by atoms with Crippen molar-refractivity contribution in [2.45, 2.75) is 6.61 Å².